The zero-order valence-electron chi connectivity index (χ0n) is 15.5. The summed E-state index contributed by atoms with van der Waals surface area (Å²) < 4.78 is 15.7. The Kier molecular flexibility index (Phi) is 4.50. The van der Waals surface area contributed by atoms with Gasteiger partial charge in [-0.1, -0.05) is 6.07 Å². The van der Waals surface area contributed by atoms with Crippen molar-refractivity contribution in [2.75, 3.05) is 31.1 Å². The molecule has 0 spiro atoms. The number of fused-ring (bicyclic) bond motifs is 1. The number of aryl methyl sites for hydroxylation is 2. The first-order chi connectivity index (χ1) is 13.1. The molecule has 3 heterocycles. The minimum Gasteiger partial charge on any atom is -0.368 e. The van der Waals surface area contributed by atoms with Crippen LogP contribution in [0.25, 0.3) is 11.0 Å². The van der Waals surface area contributed by atoms with E-state index in [0.717, 1.165) is 55.0 Å². The molecule has 0 bridgehead atoms. The van der Waals surface area contributed by atoms with Crippen LogP contribution in [0.5, 0.6) is 0 Å². The van der Waals surface area contributed by atoms with Crippen LogP contribution in [-0.2, 0) is 13.6 Å². The molecule has 7 heteroatoms. The highest BCUT2D eigenvalue weighted by Crippen LogP contribution is 2.24. The number of pyridine rings is 1. The van der Waals surface area contributed by atoms with Gasteiger partial charge in [0.05, 0.1) is 11.4 Å². The van der Waals surface area contributed by atoms with Gasteiger partial charge in [0.25, 0.3) is 0 Å². The molecule has 6 nitrogen and oxygen atoms in total. The summed E-state index contributed by atoms with van der Waals surface area (Å²) in [6, 6.07) is 8.97. The average molecular weight is 364 g/mol. The molecule has 0 aliphatic carbocycles. The number of aromatic nitrogens is 3. The predicted molar refractivity (Wildman–Crippen MR) is 102 cm³/mol. The second-order valence-corrected chi connectivity index (χ2v) is 6.93. The van der Waals surface area contributed by atoms with Crippen LogP contribution in [-0.4, -0.2) is 45.8 Å². The van der Waals surface area contributed by atoms with Gasteiger partial charge in [0.1, 0.15) is 17.4 Å². The maximum atomic E-state index is 13.9. The molecule has 1 aliphatic rings. The van der Waals surface area contributed by atoms with Crippen molar-refractivity contribution >= 4 is 16.7 Å². The highest BCUT2D eigenvalue weighted by molar-refractivity contribution is 5.78. The van der Waals surface area contributed by atoms with Crippen molar-refractivity contribution in [3.8, 4) is 6.07 Å². The molecular weight excluding hydrogens is 343 g/mol. The standard InChI is InChI=1S/C20H21FN6/c1-14-16-10-15(12-23-20(16)25(2)24-14)13-26-6-8-27(9-7-26)19-5-3-4-18(21)17(19)11-22/h3-5,10,12H,6-9,13H2,1-2H3. The number of nitrogens with zero attached hydrogens (tertiary/aromatic N) is 6. The van der Waals surface area contributed by atoms with Crippen LogP contribution in [0, 0.1) is 24.1 Å². The van der Waals surface area contributed by atoms with Crippen LogP contribution in [0.2, 0.25) is 0 Å². The molecule has 27 heavy (non-hydrogen) atoms. The number of halogens is 1. The first-order valence-electron chi connectivity index (χ1n) is 9.01. The van der Waals surface area contributed by atoms with Gasteiger partial charge in [-0.2, -0.15) is 10.4 Å². The molecule has 1 fully saturated rings. The lowest BCUT2D eigenvalue weighted by molar-refractivity contribution is 0.249. The van der Waals surface area contributed by atoms with E-state index in [0.29, 0.717) is 5.69 Å². The zero-order chi connectivity index (χ0) is 19.0. The number of anilines is 1. The molecule has 2 aromatic heterocycles. The fourth-order valence-electron chi connectivity index (χ4n) is 3.73. The fraction of sp³-hybridized carbons (Fsp3) is 0.350. The van der Waals surface area contributed by atoms with Crippen molar-refractivity contribution < 1.29 is 4.39 Å². The first kappa shape index (κ1) is 17.4. The SMILES string of the molecule is Cc1nn(C)c2ncc(CN3CCN(c4cccc(F)c4C#N)CC3)cc12. The third-order valence-corrected chi connectivity index (χ3v) is 5.14. The Morgan fingerprint density at radius 3 is 2.74 bits per heavy atom. The van der Waals surface area contributed by atoms with Crippen LogP contribution in [0.15, 0.2) is 30.5 Å². The van der Waals surface area contributed by atoms with Crippen molar-refractivity contribution in [2.24, 2.45) is 7.05 Å². The molecule has 1 aliphatic heterocycles. The van der Waals surface area contributed by atoms with Crippen molar-refractivity contribution in [1.29, 1.82) is 5.26 Å². The Balaban J connectivity index is 1.45. The quantitative estimate of drug-likeness (QED) is 0.715. The summed E-state index contributed by atoms with van der Waals surface area (Å²) in [7, 11) is 1.91. The summed E-state index contributed by atoms with van der Waals surface area (Å²) >= 11 is 0. The number of piperazine rings is 1. The summed E-state index contributed by atoms with van der Waals surface area (Å²) in [5, 5.41) is 14.8. The Bertz CT molecular complexity index is 1030. The van der Waals surface area contributed by atoms with Crippen LogP contribution >= 0.6 is 0 Å². The van der Waals surface area contributed by atoms with E-state index in [1.807, 2.05) is 32.3 Å². The molecule has 0 radical (unpaired) electrons. The van der Waals surface area contributed by atoms with Crippen molar-refractivity contribution in [1.82, 2.24) is 19.7 Å². The normalized spacial score (nSPS) is 15.3. The van der Waals surface area contributed by atoms with E-state index in [1.54, 1.807) is 10.7 Å². The van der Waals surface area contributed by atoms with E-state index < -0.39 is 5.82 Å². The minimum atomic E-state index is -0.455. The van der Waals surface area contributed by atoms with E-state index in [4.69, 9.17) is 0 Å². The Morgan fingerprint density at radius 1 is 1.22 bits per heavy atom. The molecule has 3 aromatic rings. The Labute approximate surface area is 157 Å². The van der Waals surface area contributed by atoms with Gasteiger partial charge in [-0.15, -0.1) is 0 Å². The van der Waals surface area contributed by atoms with E-state index in [2.05, 4.69) is 25.9 Å². The maximum absolute atomic E-state index is 13.9. The minimum absolute atomic E-state index is 0.132. The Hall–Kier alpha value is -2.98. The molecular formula is C20H21FN6. The Morgan fingerprint density at radius 2 is 2.00 bits per heavy atom. The summed E-state index contributed by atoms with van der Waals surface area (Å²) in [4.78, 5) is 8.99. The molecule has 0 N–H and O–H groups in total. The molecule has 0 amide bonds. The van der Waals surface area contributed by atoms with Gasteiger partial charge in [-0.05, 0) is 30.7 Å². The molecule has 1 saturated heterocycles. The van der Waals surface area contributed by atoms with Gasteiger partial charge in [-0.3, -0.25) is 9.58 Å². The zero-order valence-corrected chi connectivity index (χ0v) is 15.5. The van der Waals surface area contributed by atoms with Crippen LogP contribution in [0.3, 0.4) is 0 Å². The molecule has 4 rings (SSSR count). The highest BCUT2D eigenvalue weighted by Gasteiger charge is 2.21. The second-order valence-electron chi connectivity index (χ2n) is 6.93. The first-order valence-corrected chi connectivity index (χ1v) is 9.01. The second kappa shape index (κ2) is 6.97. The predicted octanol–water partition coefficient (Wildman–Crippen LogP) is 2.61. The third kappa shape index (κ3) is 3.24. The lowest BCUT2D eigenvalue weighted by Gasteiger charge is -2.36. The van der Waals surface area contributed by atoms with Gasteiger partial charge in [0.15, 0.2) is 5.65 Å². The van der Waals surface area contributed by atoms with Crippen molar-refractivity contribution in [2.45, 2.75) is 13.5 Å². The molecule has 138 valence electrons. The largest absolute Gasteiger partial charge is 0.368 e. The number of rotatable bonds is 3. The van der Waals surface area contributed by atoms with Gasteiger partial charge >= 0.3 is 0 Å². The van der Waals surface area contributed by atoms with E-state index >= 15 is 0 Å². The maximum Gasteiger partial charge on any atom is 0.157 e. The number of hydrogen-bond acceptors (Lipinski definition) is 5. The van der Waals surface area contributed by atoms with E-state index in [-0.39, 0.29) is 5.56 Å². The summed E-state index contributed by atoms with van der Waals surface area (Å²) in [5.41, 5.74) is 3.87. The van der Waals surface area contributed by atoms with Crippen LogP contribution < -0.4 is 4.90 Å². The fourth-order valence-corrected chi connectivity index (χ4v) is 3.73. The van der Waals surface area contributed by atoms with Gasteiger partial charge in [0, 0.05) is 51.4 Å². The van der Waals surface area contributed by atoms with Crippen LogP contribution in [0.4, 0.5) is 10.1 Å². The van der Waals surface area contributed by atoms with Crippen LogP contribution in [0.1, 0.15) is 16.8 Å². The molecule has 0 atom stereocenters. The number of hydrogen-bond donors (Lipinski definition) is 0. The van der Waals surface area contributed by atoms with Crippen molar-refractivity contribution in [3.63, 3.8) is 0 Å². The van der Waals surface area contributed by atoms with E-state index in [1.165, 1.54) is 6.07 Å². The average Bonchev–Trinajstić information content (AvgIpc) is 2.96. The summed E-state index contributed by atoms with van der Waals surface area (Å²) in [6.45, 7) is 6.05. The monoisotopic (exact) mass is 364 g/mol. The van der Waals surface area contributed by atoms with Crippen molar-refractivity contribution in [3.05, 3.63) is 53.1 Å². The smallest absolute Gasteiger partial charge is 0.157 e. The summed E-state index contributed by atoms with van der Waals surface area (Å²) in [6.07, 6.45) is 1.91. The molecule has 1 aromatic carbocycles. The number of nitriles is 1. The third-order valence-electron chi connectivity index (χ3n) is 5.14. The van der Waals surface area contributed by atoms with Gasteiger partial charge in [-0.25, -0.2) is 9.37 Å². The lowest BCUT2D eigenvalue weighted by Crippen LogP contribution is -2.46. The lowest BCUT2D eigenvalue weighted by atomic mass is 10.1. The topological polar surface area (TPSA) is 61.0 Å². The van der Waals surface area contributed by atoms with E-state index in [9.17, 15) is 9.65 Å². The van der Waals surface area contributed by atoms with Gasteiger partial charge in [0.2, 0.25) is 0 Å². The molecule has 0 unspecified atom stereocenters. The highest BCUT2D eigenvalue weighted by atomic mass is 19.1. The van der Waals surface area contributed by atoms with Gasteiger partial charge < -0.3 is 4.90 Å². The summed E-state index contributed by atoms with van der Waals surface area (Å²) in [5.74, 6) is -0.455. The number of benzene rings is 1. The molecule has 0 saturated carbocycles.